The maximum atomic E-state index is 12.4. The molecule has 0 radical (unpaired) electrons. The Kier molecular flexibility index (Phi) is 4.86. The normalized spacial score (nSPS) is 16.6. The summed E-state index contributed by atoms with van der Waals surface area (Å²) in [5.41, 5.74) is 7.14. The van der Waals surface area contributed by atoms with Crippen LogP contribution in [-0.4, -0.2) is 23.9 Å². The zero-order valence-electron chi connectivity index (χ0n) is 11.4. The Morgan fingerprint density at radius 2 is 2.11 bits per heavy atom. The number of halogens is 1. The second-order valence-corrected chi connectivity index (χ2v) is 6.11. The molecule has 19 heavy (non-hydrogen) atoms. The molecular formula is C15H21BrN2O. The molecule has 1 aromatic carbocycles. The number of nitrogens with zero attached hydrogens (tertiary/aromatic N) is 1. The van der Waals surface area contributed by atoms with Gasteiger partial charge in [0.1, 0.15) is 0 Å². The first kappa shape index (κ1) is 14.4. The molecule has 0 unspecified atom stereocenters. The van der Waals surface area contributed by atoms with Crippen molar-refractivity contribution < 1.29 is 4.79 Å². The van der Waals surface area contributed by atoms with Crippen molar-refractivity contribution in [1.29, 1.82) is 0 Å². The van der Waals surface area contributed by atoms with Crippen LogP contribution in [-0.2, 0) is 0 Å². The summed E-state index contributed by atoms with van der Waals surface area (Å²) in [5, 5.41) is 0. The zero-order chi connectivity index (χ0) is 13.8. The first-order chi connectivity index (χ1) is 9.11. The van der Waals surface area contributed by atoms with E-state index in [0.29, 0.717) is 11.3 Å². The van der Waals surface area contributed by atoms with Crippen molar-refractivity contribution in [3.05, 3.63) is 28.2 Å². The van der Waals surface area contributed by atoms with Crippen molar-refractivity contribution in [2.75, 3.05) is 18.8 Å². The largest absolute Gasteiger partial charge is 0.398 e. The molecule has 2 N–H and O–H groups in total. The Hall–Kier alpha value is -1.03. The summed E-state index contributed by atoms with van der Waals surface area (Å²) >= 11 is 3.35. The molecule has 1 heterocycles. The second-order valence-electron chi connectivity index (χ2n) is 5.26. The van der Waals surface area contributed by atoms with Crippen LogP contribution in [0.3, 0.4) is 0 Å². The van der Waals surface area contributed by atoms with Crippen molar-refractivity contribution >= 4 is 27.5 Å². The minimum absolute atomic E-state index is 0.106. The standard InChI is InChI=1S/C15H21BrN2O/c1-2-3-11-6-8-18(9-7-11)15(19)12-4-5-13(16)14(17)10-12/h4-5,10-11H,2-3,6-9,17H2,1H3. The number of carbonyl (C=O) groups excluding carboxylic acids is 1. The molecule has 1 aromatic rings. The topological polar surface area (TPSA) is 46.3 Å². The van der Waals surface area contributed by atoms with E-state index in [-0.39, 0.29) is 5.91 Å². The minimum atomic E-state index is 0.106. The van der Waals surface area contributed by atoms with Gasteiger partial charge >= 0.3 is 0 Å². The highest BCUT2D eigenvalue weighted by Crippen LogP contribution is 2.25. The SMILES string of the molecule is CCCC1CCN(C(=O)c2ccc(Br)c(N)c2)CC1. The van der Waals surface area contributed by atoms with Crippen molar-refractivity contribution in [3.8, 4) is 0 Å². The molecule has 104 valence electrons. The highest BCUT2D eigenvalue weighted by molar-refractivity contribution is 9.10. The Balaban J connectivity index is 1.99. The van der Waals surface area contributed by atoms with Crippen LogP contribution in [0, 0.1) is 5.92 Å². The third kappa shape index (κ3) is 3.50. The smallest absolute Gasteiger partial charge is 0.253 e. The molecule has 0 saturated carbocycles. The first-order valence-corrected chi connectivity index (χ1v) is 7.75. The fraction of sp³-hybridized carbons (Fsp3) is 0.533. The lowest BCUT2D eigenvalue weighted by atomic mass is 9.92. The van der Waals surface area contributed by atoms with E-state index >= 15 is 0 Å². The predicted octanol–water partition coefficient (Wildman–Crippen LogP) is 3.68. The minimum Gasteiger partial charge on any atom is -0.398 e. The number of nitrogen functional groups attached to an aromatic ring is 1. The van der Waals surface area contributed by atoms with Crippen LogP contribution >= 0.6 is 15.9 Å². The number of piperidine rings is 1. The Bertz CT molecular complexity index is 453. The van der Waals surface area contributed by atoms with Crippen LogP contribution in [0.5, 0.6) is 0 Å². The van der Waals surface area contributed by atoms with Gasteiger partial charge in [0.05, 0.1) is 0 Å². The highest BCUT2D eigenvalue weighted by atomic mass is 79.9. The summed E-state index contributed by atoms with van der Waals surface area (Å²) in [6, 6.07) is 5.43. The van der Waals surface area contributed by atoms with Gasteiger partial charge in [-0.05, 0) is 52.9 Å². The van der Waals surface area contributed by atoms with Crippen molar-refractivity contribution in [1.82, 2.24) is 4.90 Å². The molecule has 1 saturated heterocycles. The van der Waals surface area contributed by atoms with Gasteiger partial charge in [-0.25, -0.2) is 0 Å². The average Bonchev–Trinajstić information content (AvgIpc) is 2.42. The van der Waals surface area contributed by atoms with Gasteiger partial charge < -0.3 is 10.6 Å². The summed E-state index contributed by atoms with van der Waals surface area (Å²) in [5.74, 6) is 0.901. The van der Waals surface area contributed by atoms with E-state index in [1.165, 1.54) is 12.8 Å². The van der Waals surface area contributed by atoms with Gasteiger partial charge in [0.25, 0.3) is 5.91 Å². The average molecular weight is 325 g/mol. The fourth-order valence-electron chi connectivity index (χ4n) is 2.69. The maximum absolute atomic E-state index is 12.4. The zero-order valence-corrected chi connectivity index (χ0v) is 12.9. The molecule has 4 heteroatoms. The first-order valence-electron chi connectivity index (χ1n) is 6.96. The van der Waals surface area contributed by atoms with Gasteiger partial charge in [-0.2, -0.15) is 0 Å². The van der Waals surface area contributed by atoms with Gasteiger partial charge in [0.15, 0.2) is 0 Å². The van der Waals surface area contributed by atoms with E-state index in [1.807, 2.05) is 17.0 Å². The van der Waals surface area contributed by atoms with Crippen LogP contribution in [0.4, 0.5) is 5.69 Å². The molecule has 0 atom stereocenters. The van der Waals surface area contributed by atoms with E-state index in [2.05, 4.69) is 22.9 Å². The number of benzene rings is 1. The second kappa shape index (κ2) is 6.42. The van der Waals surface area contributed by atoms with Gasteiger partial charge in [-0.1, -0.05) is 19.8 Å². The van der Waals surface area contributed by atoms with E-state index in [0.717, 1.165) is 36.3 Å². The quantitative estimate of drug-likeness (QED) is 0.862. The number of hydrogen-bond acceptors (Lipinski definition) is 2. The lowest BCUT2D eigenvalue weighted by Crippen LogP contribution is -2.38. The molecule has 1 aliphatic heterocycles. The highest BCUT2D eigenvalue weighted by Gasteiger charge is 2.23. The van der Waals surface area contributed by atoms with Crippen LogP contribution in [0.2, 0.25) is 0 Å². The molecule has 0 bridgehead atoms. The number of nitrogens with two attached hydrogens (primary N) is 1. The molecule has 1 amide bonds. The number of carbonyl (C=O) groups is 1. The molecule has 0 aliphatic carbocycles. The van der Waals surface area contributed by atoms with Gasteiger partial charge in [0, 0.05) is 28.8 Å². The third-order valence-electron chi connectivity index (χ3n) is 3.84. The van der Waals surface area contributed by atoms with Crippen molar-refractivity contribution in [3.63, 3.8) is 0 Å². The Morgan fingerprint density at radius 1 is 1.42 bits per heavy atom. The Labute approximate surface area is 123 Å². The summed E-state index contributed by atoms with van der Waals surface area (Å²) < 4.78 is 0.839. The van der Waals surface area contributed by atoms with Gasteiger partial charge in [0.2, 0.25) is 0 Å². The molecular weight excluding hydrogens is 304 g/mol. The van der Waals surface area contributed by atoms with Crippen LogP contribution < -0.4 is 5.73 Å². The summed E-state index contributed by atoms with van der Waals surface area (Å²) in [4.78, 5) is 14.3. The van der Waals surface area contributed by atoms with Crippen LogP contribution in [0.15, 0.2) is 22.7 Å². The third-order valence-corrected chi connectivity index (χ3v) is 4.56. The number of likely N-dealkylation sites (tertiary alicyclic amines) is 1. The van der Waals surface area contributed by atoms with Crippen LogP contribution in [0.25, 0.3) is 0 Å². The molecule has 3 nitrogen and oxygen atoms in total. The van der Waals surface area contributed by atoms with Gasteiger partial charge in [-0.3, -0.25) is 4.79 Å². The molecule has 0 aromatic heterocycles. The summed E-state index contributed by atoms with van der Waals surface area (Å²) in [6.45, 7) is 3.97. The van der Waals surface area contributed by atoms with E-state index in [1.54, 1.807) is 6.07 Å². The molecule has 2 rings (SSSR count). The van der Waals surface area contributed by atoms with E-state index in [9.17, 15) is 4.79 Å². The number of rotatable bonds is 3. The van der Waals surface area contributed by atoms with Crippen LogP contribution in [0.1, 0.15) is 43.0 Å². The lowest BCUT2D eigenvalue weighted by molar-refractivity contribution is 0.0686. The number of amides is 1. The maximum Gasteiger partial charge on any atom is 0.253 e. The molecule has 0 spiro atoms. The molecule has 1 fully saturated rings. The fourth-order valence-corrected chi connectivity index (χ4v) is 2.94. The van der Waals surface area contributed by atoms with Crippen molar-refractivity contribution in [2.24, 2.45) is 5.92 Å². The molecule has 1 aliphatic rings. The predicted molar refractivity (Wildman–Crippen MR) is 82.1 cm³/mol. The van der Waals surface area contributed by atoms with Crippen molar-refractivity contribution in [2.45, 2.75) is 32.6 Å². The van der Waals surface area contributed by atoms with E-state index < -0.39 is 0 Å². The monoisotopic (exact) mass is 324 g/mol. The Morgan fingerprint density at radius 3 is 2.68 bits per heavy atom. The summed E-state index contributed by atoms with van der Waals surface area (Å²) in [6.07, 6.45) is 4.78. The van der Waals surface area contributed by atoms with E-state index in [4.69, 9.17) is 5.73 Å². The number of anilines is 1. The number of hydrogen-bond donors (Lipinski definition) is 1. The van der Waals surface area contributed by atoms with Gasteiger partial charge in [-0.15, -0.1) is 0 Å². The summed E-state index contributed by atoms with van der Waals surface area (Å²) in [7, 11) is 0. The lowest BCUT2D eigenvalue weighted by Gasteiger charge is -2.32.